The van der Waals surface area contributed by atoms with Crippen LogP contribution in [0.2, 0.25) is 0 Å². The van der Waals surface area contributed by atoms with E-state index in [2.05, 4.69) is 0 Å². The van der Waals surface area contributed by atoms with E-state index in [-0.39, 0.29) is 5.84 Å². The molecular weight excluding hydrogens is 268 g/mol. The SMILES string of the molecule is COc1cc(OC)cc(OCc2cccc(C(=N)N)c2)c1. The molecule has 0 unspecified atom stereocenters. The maximum Gasteiger partial charge on any atom is 0.127 e. The predicted octanol–water partition coefficient (Wildman–Crippen LogP) is 2.57. The van der Waals surface area contributed by atoms with Crippen molar-refractivity contribution in [1.29, 1.82) is 5.41 Å². The van der Waals surface area contributed by atoms with Gasteiger partial charge in [0.05, 0.1) is 14.2 Å². The van der Waals surface area contributed by atoms with Crippen molar-refractivity contribution < 1.29 is 14.2 Å². The molecule has 3 N–H and O–H groups in total. The zero-order valence-corrected chi connectivity index (χ0v) is 12.1. The number of rotatable bonds is 6. The van der Waals surface area contributed by atoms with E-state index in [1.54, 1.807) is 38.5 Å². The van der Waals surface area contributed by atoms with Crippen LogP contribution in [0.4, 0.5) is 0 Å². The highest BCUT2D eigenvalue weighted by Gasteiger charge is 2.04. The van der Waals surface area contributed by atoms with E-state index < -0.39 is 0 Å². The standard InChI is InChI=1S/C16H18N2O3/c1-19-13-7-14(20-2)9-15(8-13)21-10-11-4-3-5-12(6-11)16(17)18/h3-9H,10H2,1-2H3,(H3,17,18). The van der Waals surface area contributed by atoms with E-state index in [0.29, 0.717) is 29.4 Å². The molecule has 2 rings (SSSR count). The van der Waals surface area contributed by atoms with Crippen molar-refractivity contribution in [3.63, 3.8) is 0 Å². The molecule has 0 fully saturated rings. The Morgan fingerprint density at radius 1 is 1.00 bits per heavy atom. The second-order valence-corrected chi connectivity index (χ2v) is 4.45. The molecule has 0 aliphatic rings. The van der Waals surface area contributed by atoms with E-state index in [1.807, 2.05) is 18.2 Å². The Morgan fingerprint density at radius 2 is 1.62 bits per heavy atom. The van der Waals surface area contributed by atoms with E-state index >= 15 is 0 Å². The molecule has 2 aromatic carbocycles. The molecule has 0 atom stereocenters. The first-order chi connectivity index (χ1) is 10.1. The van der Waals surface area contributed by atoms with E-state index in [9.17, 15) is 0 Å². The Morgan fingerprint density at radius 3 is 2.19 bits per heavy atom. The molecule has 0 amide bonds. The lowest BCUT2D eigenvalue weighted by Crippen LogP contribution is -2.11. The van der Waals surface area contributed by atoms with Gasteiger partial charge >= 0.3 is 0 Å². The summed E-state index contributed by atoms with van der Waals surface area (Å²) in [4.78, 5) is 0. The van der Waals surface area contributed by atoms with Crippen LogP contribution in [-0.4, -0.2) is 20.1 Å². The van der Waals surface area contributed by atoms with Crippen molar-refractivity contribution in [3.05, 3.63) is 53.6 Å². The number of benzene rings is 2. The molecule has 0 saturated heterocycles. The Bertz CT molecular complexity index is 619. The van der Waals surface area contributed by atoms with E-state index in [4.69, 9.17) is 25.4 Å². The van der Waals surface area contributed by atoms with Crippen molar-refractivity contribution in [2.75, 3.05) is 14.2 Å². The van der Waals surface area contributed by atoms with Gasteiger partial charge in [0.2, 0.25) is 0 Å². The molecule has 0 radical (unpaired) electrons. The molecule has 0 aliphatic carbocycles. The topological polar surface area (TPSA) is 77.6 Å². The van der Waals surface area contributed by atoms with E-state index in [0.717, 1.165) is 5.56 Å². The Kier molecular flexibility index (Phi) is 4.66. The summed E-state index contributed by atoms with van der Waals surface area (Å²) in [5.41, 5.74) is 7.09. The van der Waals surface area contributed by atoms with Crippen LogP contribution in [0.3, 0.4) is 0 Å². The number of hydrogen-bond donors (Lipinski definition) is 2. The highest BCUT2D eigenvalue weighted by atomic mass is 16.5. The number of nitrogens with two attached hydrogens (primary N) is 1. The van der Waals surface area contributed by atoms with Crippen LogP contribution in [-0.2, 0) is 6.61 Å². The minimum atomic E-state index is 0.0416. The van der Waals surface area contributed by atoms with E-state index in [1.165, 1.54) is 0 Å². The fourth-order valence-corrected chi connectivity index (χ4v) is 1.86. The van der Waals surface area contributed by atoms with Gasteiger partial charge in [-0.3, -0.25) is 5.41 Å². The number of hydrogen-bond acceptors (Lipinski definition) is 4. The molecule has 21 heavy (non-hydrogen) atoms. The third-order valence-electron chi connectivity index (χ3n) is 2.97. The largest absolute Gasteiger partial charge is 0.496 e. The molecule has 0 aliphatic heterocycles. The Balaban J connectivity index is 2.12. The summed E-state index contributed by atoms with van der Waals surface area (Å²) in [5, 5.41) is 7.44. The molecule has 0 saturated carbocycles. The predicted molar refractivity (Wildman–Crippen MR) is 81.3 cm³/mol. The highest BCUT2D eigenvalue weighted by molar-refractivity contribution is 5.95. The molecule has 110 valence electrons. The van der Waals surface area contributed by atoms with Gasteiger partial charge in [0.25, 0.3) is 0 Å². The maximum atomic E-state index is 7.44. The lowest BCUT2D eigenvalue weighted by molar-refractivity contribution is 0.300. The van der Waals surface area contributed by atoms with Crippen molar-refractivity contribution in [2.24, 2.45) is 5.73 Å². The van der Waals surface area contributed by atoms with Gasteiger partial charge in [-0.1, -0.05) is 18.2 Å². The van der Waals surface area contributed by atoms with Crippen LogP contribution >= 0.6 is 0 Å². The van der Waals surface area contributed by atoms with Gasteiger partial charge in [0.1, 0.15) is 29.7 Å². The van der Waals surface area contributed by atoms with Gasteiger partial charge < -0.3 is 19.9 Å². The number of nitrogens with one attached hydrogen (secondary N) is 1. The van der Waals surface area contributed by atoms with Crippen LogP contribution in [0.1, 0.15) is 11.1 Å². The molecule has 0 spiro atoms. The first kappa shape index (κ1) is 14.7. The quantitative estimate of drug-likeness (QED) is 0.632. The minimum Gasteiger partial charge on any atom is -0.496 e. The van der Waals surface area contributed by atoms with Crippen LogP contribution in [0.5, 0.6) is 17.2 Å². The zero-order valence-electron chi connectivity index (χ0n) is 12.1. The highest BCUT2D eigenvalue weighted by Crippen LogP contribution is 2.27. The Labute approximate surface area is 123 Å². The number of nitrogen functional groups attached to an aromatic ring is 1. The molecule has 0 bridgehead atoms. The molecule has 0 heterocycles. The second kappa shape index (κ2) is 6.65. The molecule has 0 aromatic heterocycles. The first-order valence-electron chi connectivity index (χ1n) is 6.41. The van der Waals surface area contributed by atoms with Crippen LogP contribution in [0, 0.1) is 5.41 Å². The van der Waals surface area contributed by atoms with Crippen LogP contribution < -0.4 is 19.9 Å². The average Bonchev–Trinajstić information content (AvgIpc) is 2.52. The summed E-state index contributed by atoms with van der Waals surface area (Å²) in [6, 6.07) is 12.8. The zero-order chi connectivity index (χ0) is 15.2. The van der Waals surface area contributed by atoms with Crippen molar-refractivity contribution in [3.8, 4) is 17.2 Å². The van der Waals surface area contributed by atoms with Crippen LogP contribution in [0.15, 0.2) is 42.5 Å². The summed E-state index contributed by atoms with van der Waals surface area (Å²) < 4.78 is 16.1. The molecule has 5 nitrogen and oxygen atoms in total. The number of ether oxygens (including phenoxy) is 3. The van der Waals surface area contributed by atoms with Gasteiger partial charge in [-0.15, -0.1) is 0 Å². The third kappa shape index (κ3) is 3.89. The smallest absolute Gasteiger partial charge is 0.127 e. The van der Waals surface area contributed by atoms with Gasteiger partial charge in [-0.05, 0) is 11.6 Å². The normalized spacial score (nSPS) is 10.0. The summed E-state index contributed by atoms with van der Waals surface area (Å²) in [5.74, 6) is 2.03. The summed E-state index contributed by atoms with van der Waals surface area (Å²) in [7, 11) is 3.18. The second-order valence-electron chi connectivity index (χ2n) is 4.45. The molecular formula is C16H18N2O3. The average molecular weight is 286 g/mol. The fraction of sp³-hybridized carbons (Fsp3) is 0.188. The van der Waals surface area contributed by atoms with Gasteiger partial charge in [0.15, 0.2) is 0 Å². The van der Waals surface area contributed by atoms with Crippen molar-refractivity contribution in [2.45, 2.75) is 6.61 Å². The number of methoxy groups -OCH3 is 2. The van der Waals surface area contributed by atoms with Crippen molar-refractivity contribution in [1.82, 2.24) is 0 Å². The summed E-state index contributed by atoms with van der Waals surface area (Å²) >= 11 is 0. The lowest BCUT2D eigenvalue weighted by Gasteiger charge is -2.11. The van der Waals surface area contributed by atoms with Gasteiger partial charge in [0, 0.05) is 23.8 Å². The summed E-state index contributed by atoms with van der Waals surface area (Å²) in [6.07, 6.45) is 0. The summed E-state index contributed by atoms with van der Waals surface area (Å²) in [6.45, 7) is 0.372. The third-order valence-corrected chi connectivity index (χ3v) is 2.97. The van der Waals surface area contributed by atoms with Gasteiger partial charge in [-0.25, -0.2) is 0 Å². The minimum absolute atomic E-state index is 0.0416. The Hall–Kier alpha value is -2.69. The first-order valence-corrected chi connectivity index (χ1v) is 6.41. The van der Waals surface area contributed by atoms with Crippen LogP contribution in [0.25, 0.3) is 0 Å². The monoisotopic (exact) mass is 286 g/mol. The van der Waals surface area contributed by atoms with Gasteiger partial charge in [-0.2, -0.15) is 0 Å². The molecule has 5 heteroatoms. The lowest BCUT2D eigenvalue weighted by atomic mass is 10.1. The van der Waals surface area contributed by atoms with Crippen molar-refractivity contribution >= 4 is 5.84 Å². The molecule has 2 aromatic rings. The maximum absolute atomic E-state index is 7.44. The fourth-order valence-electron chi connectivity index (χ4n) is 1.86. The number of amidine groups is 1.